The number of esters is 4. The molecule has 102 heavy (non-hydrogen) atoms. The first kappa shape index (κ1) is 97.7. The van der Waals surface area contributed by atoms with Crippen LogP contribution >= 0.6 is 15.6 Å². The van der Waals surface area contributed by atoms with Gasteiger partial charge in [0.1, 0.15) is 19.3 Å². The fraction of sp³-hybridized carbons (Fsp3) is 0.735. The molecule has 0 aromatic carbocycles. The van der Waals surface area contributed by atoms with Crippen LogP contribution in [0.4, 0.5) is 0 Å². The zero-order valence-electron chi connectivity index (χ0n) is 64.3. The van der Waals surface area contributed by atoms with Gasteiger partial charge in [0.2, 0.25) is 0 Å². The number of unbranched alkanes of at least 4 members (excludes halogenated alkanes) is 31. The molecule has 0 aliphatic rings. The smallest absolute Gasteiger partial charge is 0.462 e. The van der Waals surface area contributed by atoms with E-state index in [1.807, 2.05) is 18.2 Å². The fourth-order valence-electron chi connectivity index (χ4n) is 10.6. The molecule has 0 fully saturated rings. The lowest BCUT2D eigenvalue weighted by Crippen LogP contribution is -2.30. The van der Waals surface area contributed by atoms with Gasteiger partial charge in [-0.1, -0.05) is 278 Å². The van der Waals surface area contributed by atoms with Crippen molar-refractivity contribution in [3.63, 3.8) is 0 Å². The van der Waals surface area contributed by atoms with Crippen LogP contribution in [0, 0.1) is 0 Å². The number of allylic oxidation sites excluding steroid dienone is 18. The molecular weight excluding hydrogens is 1330 g/mol. The zero-order chi connectivity index (χ0) is 74.6. The Morgan fingerprint density at radius 1 is 0.284 bits per heavy atom. The van der Waals surface area contributed by atoms with Crippen LogP contribution in [0.1, 0.15) is 336 Å². The molecule has 0 saturated heterocycles. The van der Waals surface area contributed by atoms with E-state index in [4.69, 9.17) is 37.0 Å². The molecule has 0 aliphatic heterocycles. The minimum Gasteiger partial charge on any atom is -0.462 e. The fourth-order valence-corrected chi connectivity index (χ4v) is 12.2. The number of carbonyl (C=O) groups is 4. The molecule has 17 nitrogen and oxygen atoms in total. The maximum atomic E-state index is 13.1. The van der Waals surface area contributed by atoms with Gasteiger partial charge in [-0.25, -0.2) is 9.13 Å². The van der Waals surface area contributed by atoms with Crippen molar-refractivity contribution in [2.75, 3.05) is 39.6 Å². The van der Waals surface area contributed by atoms with Crippen molar-refractivity contribution in [1.29, 1.82) is 0 Å². The van der Waals surface area contributed by atoms with E-state index in [0.717, 1.165) is 161 Å². The van der Waals surface area contributed by atoms with Crippen LogP contribution in [-0.4, -0.2) is 96.7 Å². The summed E-state index contributed by atoms with van der Waals surface area (Å²) in [5.74, 6) is -2.28. The average Bonchev–Trinajstić information content (AvgIpc) is 0.924. The number of phosphoric ester groups is 2. The SMILES string of the molecule is CC/C=C\C/C=C\C/C=C\C/C=C\C/C=C\C/C=C\CCC(=O)O[C@H](COC(=O)CCCCCCC/C=C\CCCCCC)COP(=O)(O)OC[C@H](O)COP(=O)(O)OC[C@@H](COC(=O)CCCCCCC/C=C\CCCCCCCC)OC(=O)CCCCCCCCC/C=C\CCCCCC. The van der Waals surface area contributed by atoms with Crippen molar-refractivity contribution in [3.8, 4) is 0 Å². The van der Waals surface area contributed by atoms with Gasteiger partial charge in [-0.15, -0.1) is 0 Å². The standard InChI is InChI=1S/C83H144O17P2/c1-5-9-13-17-21-25-29-33-36-37-38-39-42-46-50-54-58-62-66-70-83(88)100-78(73-93-80(85)67-63-59-55-51-47-43-32-28-24-20-16-12-8-4)75-97-101(89,90)95-71-77(84)72-96-102(91,92)98-76-79(99-82(87)69-65-61-57-53-49-45-41-35-31-27-23-19-15-11-7-3)74-94-81(86)68-64-60-56-52-48-44-40-34-30-26-22-18-14-10-6-2/h9,13,21,25,27-28,31-34,36,38-40,46,50,58,62,77-79,84H,5-8,10-12,14-20,22-24,26,29-30,35,37,41-45,47-49,51-57,59-61,63-76H2,1-4H3,(H,89,90)(H,91,92)/b13-9-,25-21-,31-27-,32-28-,36-33-,39-38-,40-34-,50-46-,62-58-/t77-,78+,79+/m0/s1. The Kier molecular flexibility index (Phi) is 71.8. The highest BCUT2D eigenvalue weighted by Gasteiger charge is 2.30. The van der Waals surface area contributed by atoms with E-state index < -0.39 is 97.5 Å². The lowest BCUT2D eigenvalue weighted by molar-refractivity contribution is -0.161. The largest absolute Gasteiger partial charge is 0.472 e. The quantitative estimate of drug-likeness (QED) is 0.0169. The number of phosphoric acid groups is 2. The Balaban J connectivity index is 5.43. The van der Waals surface area contributed by atoms with Crippen LogP contribution < -0.4 is 0 Å². The lowest BCUT2D eigenvalue weighted by Gasteiger charge is -2.21. The second kappa shape index (κ2) is 75.0. The molecular formula is C83H144O17P2. The van der Waals surface area contributed by atoms with Gasteiger partial charge >= 0.3 is 39.5 Å². The van der Waals surface area contributed by atoms with E-state index in [0.29, 0.717) is 32.1 Å². The third-order valence-electron chi connectivity index (χ3n) is 16.7. The number of hydrogen-bond donors (Lipinski definition) is 3. The first-order chi connectivity index (χ1) is 49.7. The maximum Gasteiger partial charge on any atom is 0.472 e. The third-order valence-corrected chi connectivity index (χ3v) is 18.6. The van der Waals surface area contributed by atoms with E-state index in [1.165, 1.54) is 89.9 Å². The van der Waals surface area contributed by atoms with E-state index in [1.54, 1.807) is 0 Å². The number of aliphatic hydroxyl groups excluding tert-OH is 1. The monoisotopic (exact) mass is 1470 g/mol. The summed E-state index contributed by atoms with van der Waals surface area (Å²) < 4.78 is 68.5. The van der Waals surface area contributed by atoms with E-state index >= 15 is 0 Å². The molecule has 0 radical (unpaired) electrons. The van der Waals surface area contributed by atoms with Gasteiger partial charge in [0.05, 0.1) is 26.4 Å². The molecule has 0 rings (SSSR count). The molecule has 19 heteroatoms. The van der Waals surface area contributed by atoms with Gasteiger partial charge in [-0.2, -0.15) is 0 Å². The van der Waals surface area contributed by atoms with Gasteiger partial charge in [-0.05, 0) is 141 Å². The van der Waals surface area contributed by atoms with E-state index in [-0.39, 0.29) is 25.7 Å². The molecule has 5 atom stereocenters. The van der Waals surface area contributed by atoms with Gasteiger partial charge in [0, 0.05) is 25.7 Å². The number of ether oxygens (including phenoxy) is 4. The van der Waals surface area contributed by atoms with Gasteiger partial charge < -0.3 is 33.8 Å². The van der Waals surface area contributed by atoms with Crippen molar-refractivity contribution in [3.05, 3.63) is 109 Å². The third kappa shape index (κ3) is 74.0. The molecule has 0 amide bonds. The van der Waals surface area contributed by atoms with Crippen LogP contribution in [0.2, 0.25) is 0 Å². The normalized spacial score (nSPS) is 14.5. The van der Waals surface area contributed by atoms with Crippen molar-refractivity contribution in [1.82, 2.24) is 0 Å². The highest BCUT2D eigenvalue weighted by molar-refractivity contribution is 7.47. The topological polar surface area (TPSA) is 237 Å². The Labute approximate surface area is 619 Å². The van der Waals surface area contributed by atoms with Crippen LogP contribution in [0.15, 0.2) is 109 Å². The van der Waals surface area contributed by atoms with Gasteiger partial charge in [-0.3, -0.25) is 37.3 Å². The number of rotatable bonds is 75. The molecule has 0 bridgehead atoms. The summed E-state index contributed by atoms with van der Waals surface area (Å²) in [5.41, 5.74) is 0. The summed E-state index contributed by atoms with van der Waals surface area (Å²) in [7, 11) is -9.98. The van der Waals surface area contributed by atoms with E-state index in [9.17, 15) is 43.2 Å². The minimum absolute atomic E-state index is 0.0326. The zero-order valence-corrected chi connectivity index (χ0v) is 66.0. The molecule has 0 aromatic rings. The molecule has 0 aromatic heterocycles. The summed E-state index contributed by atoms with van der Waals surface area (Å²) in [6.45, 7) is 4.65. The first-order valence-electron chi connectivity index (χ1n) is 40.1. The molecule has 588 valence electrons. The number of hydrogen-bond acceptors (Lipinski definition) is 15. The Morgan fingerprint density at radius 2 is 0.529 bits per heavy atom. The predicted molar refractivity (Wildman–Crippen MR) is 418 cm³/mol. The second-order valence-electron chi connectivity index (χ2n) is 26.6. The van der Waals surface area contributed by atoms with E-state index in [2.05, 4.69) is 119 Å². The van der Waals surface area contributed by atoms with Crippen molar-refractivity contribution < 1.29 is 80.2 Å². The minimum atomic E-state index is -5.00. The Morgan fingerprint density at radius 3 is 0.853 bits per heavy atom. The molecule has 0 saturated carbocycles. The molecule has 2 unspecified atom stereocenters. The summed E-state index contributed by atoms with van der Waals surface area (Å²) in [5, 5.41) is 10.6. The summed E-state index contributed by atoms with van der Waals surface area (Å²) in [6, 6.07) is 0. The first-order valence-corrected chi connectivity index (χ1v) is 43.1. The van der Waals surface area contributed by atoms with Crippen LogP contribution in [-0.2, 0) is 65.4 Å². The molecule has 0 heterocycles. The van der Waals surface area contributed by atoms with Gasteiger partial charge in [0.25, 0.3) is 0 Å². The molecule has 0 spiro atoms. The van der Waals surface area contributed by atoms with Gasteiger partial charge in [0.15, 0.2) is 12.2 Å². The Hall–Kier alpha value is -4.28. The summed E-state index contributed by atoms with van der Waals surface area (Å²) >= 11 is 0. The lowest BCUT2D eigenvalue weighted by atomic mass is 10.1. The predicted octanol–water partition coefficient (Wildman–Crippen LogP) is 23.3. The van der Waals surface area contributed by atoms with Crippen molar-refractivity contribution >= 4 is 39.5 Å². The van der Waals surface area contributed by atoms with Crippen LogP contribution in [0.5, 0.6) is 0 Å². The highest BCUT2D eigenvalue weighted by atomic mass is 31.2. The van der Waals surface area contributed by atoms with Crippen LogP contribution in [0.25, 0.3) is 0 Å². The number of carbonyl (C=O) groups excluding carboxylic acids is 4. The maximum absolute atomic E-state index is 13.1. The Bertz CT molecular complexity index is 2360. The summed E-state index contributed by atoms with van der Waals surface area (Å²) in [4.78, 5) is 73.0. The molecule has 0 aliphatic carbocycles. The van der Waals surface area contributed by atoms with Crippen LogP contribution in [0.3, 0.4) is 0 Å². The average molecular weight is 1480 g/mol. The molecule has 3 N–H and O–H groups in total. The highest BCUT2D eigenvalue weighted by Crippen LogP contribution is 2.45. The second-order valence-corrected chi connectivity index (χ2v) is 29.5. The summed E-state index contributed by atoms with van der Waals surface area (Å²) in [6.07, 6.45) is 80.8. The number of aliphatic hydroxyl groups is 1. The van der Waals surface area contributed by atoms with Crippen molar-refractivity contribution in [2.24, 2.45) is 0 Å². The van der Waals surface area contributed by atoms with Crippen molar-refractivity contribution in [2.45, 2.75) is 354 Å².